The quantitative estimate of drug-likeness (QED) is 0.367. The molecule has 136 valence electrons. The van der Waals surface area contributed by atoms with Gasteiger partial charge < -0.3 is 0 Å². The second-order valence-electron chi connectivity index (χ2n) is 7.03. The van der Waals surface area contributed by atoms with E-state index in [-0.39, 0.29) is 32.1 Å². The molecule has 4 heteroatoms. The van der Waals surface area contributed by atoms with Crippen LogP contribution in [0.5, 0.6) is 0 Å². The molecule has 0 spiro atoms. The van der Waals surface area contributed by atoms with E-state index >= 15 is 0 Å². The lowest BCUT2D eigenvalue weighted by molar-refractivity contribution is 0.0767. The Morgan fingerprint density at radius 1 is 0.808 bits per heavy atom. The third-order valence-corrected chi connectivity index (χ3v) is 5.68. The minimum Gasteiger partial charge on any atom is -0.293 e. The van der Waals surface area contributed by atoms with Gasteiger partial charge in [-0.2, -0.15) is 0 Å². The molecule has 0 amide bonds. The monoisotopic (exact) mass is 368 g/mol. The van der Waals surface area contributed by atoms with Crippen molar-refractivity contribution in [2.45, 2.75) is 34.6 Å². The molecule has 26 heavy (non-hydrogen) atoms. The van der Waals surface area contributed by atoms with Gasteiger partial charge in [-0.15, -0.1) is 0 Å². The van der Waals surface area contributed by atoms with Crippen LogP contribution in [0.2, 0.25) is 0 Å². The number of Topliss-reactive ketones (excluding diaryl/α,β-unsaturated/α-hetero) is 2. The first-order valence-corrected chi connectivity index (χ1v) is 9.79. The Bertz CT molecular complexity index is 750. The Labute approximate surface area is 157 Å². The molecule has 0 aliphatic heterocycles. The van der Waals surface area contributed by atoms with Crippen molar-refractivity contribution in [1.82, 2.24) is 0 Å². The predicted octanol–water partition coefficient (Wildman–Crippen LogP) is 5.53. The number of benzene rings is 2. The van der Waals surface area contributed by atoms with Gasteiger partial charge in [0.15, 0.2) is 20.0 Å². The van der Waals surface area contributed by atoms with Crippen LogP contribution >= 0.6 is 8.46 Å². The number of hydrogen-bond acceptors (Lipinski definition) is 3. The Morgan fingerprint density at radius 2 is 1.15 bits per heavy atom. The van der Waals surface area contributed by atoms with Crippen molar-refractivity contribution < 1.29 is 14.2 Å². The van der Waals surface area contributed by atoms with Gasteiger partial charge in [-0.1, -0.05) is 43.3 Å². The fourth-order valence-corrected chi connectivity index (χ4v) is 4.02. The van der Waals surface area contributed by atoms with Gasteiger partial charge in [0.25, 0.3) is 0 Å². The zero-order valence-corrected chi connectivity index (χ0v) is 16.9. The maximum atomic E-state index is 13.4. The molecule has 0 bridgehead atoms. The largest absolute Gasteiger partial charge is 0.293 e. The Morgan fingerprint density at radius 3 is 1.46 bits per heavy atom. The van der Waals surface area contributed by atoms with E-state index in [1.54, 1.807) is 0 Å². The number of carbonyl (C=O) groups excluding carboxylic acids is 2. The van der Waals surface area contributed by atoms with Crippen LogP contribution in [0, 0.1) is 39.5 Å². The van der Waals surface area contributed by atoms with Gasteiger partial charge in [0.1, 0.15) is 0 Å². The van der Waals surface area contributed by atoms with Crippen LogP contribution in [0.1, 0.15) is 49.9 Å². The zero-order chi connectivity index (χ0) is 19.4. The molecule has 0 aliphatic rings. The molecule has 0 fully saturated rings. The van der Waals surface area contributed by atoms with Gasteiger partial charge in [-0.05, 0) is 55.9 Å². The molecule has 2 aromatic rings. The third-order valence-electron chi connectivity index (χ3n) is 4.95. The molecule has 0 heterocycles. The van der Waals surface area contributed by atoms with Crippen molar-refractivity contribution in [2.75, 3.05) is 6.16 Å². The molecule has 1 unspecified atom stereocenters. The van der Waals surface area contributed by atoms with Crippen LogP contribution in [-0.2, 0) is 4.57 Å². The molecular formula is C22H25O3P. The first kappa shape index (κ1) is 20.2. The summed E-state index contributed by atoms with van der Waals surface area (Å²) in [6.45, 7) is 9.37. The highest BCUT2D eigenvalue weighted by Crippen LogP contribution is 2.29. The van der Waals surface area contributed by atoms with E-state index in [1.807, 2.05) is 71.0 Å². The molecule has 0 aromatic heterocycles. The lowest BCUT2D eigenvalue weighted by Crippen LogP contribution is -2.33. The zero-order valence-electron chi connectivity index (χ0n) is 16.0. The van der Waals surface area contributed by atoms with Gasteiger partial charge >= 0.3 is 0 Å². The Kier molecular flexibility index (Phi) is 6.61. The smallest absolute Gasteiger partial charge is 0.174 e. The maximum absolute atomic E-state index is 13.4. The molecule has 0 saturated heterocycles. The average Bonchev–Trinajstić information content (AvgIpc) is 2.55. The van der Waals surface area contributed by atoms with Crippen molar-refractivity contribution in [3.05, 3.63) is 69.8 Å². The Hall–Kier alpha value is -2.12. The van der Waals surface area contributed by atoms with Crippen LogP contribution in [0.15, 0.2) is 36.4 Å². The lowest BCUT2D eigenvalue weighted by Gasteiger charge is -2.23. The molecule has 0 saturated carbocycles. The third kappa shape index (κ3) is 3.99. The first-order valence-electron chi connectivity index (χ1n) is 8.79. The highest BCUT2D eigenvalue weighted by Gasteiger charge is 2.35. The lowest BCUT2D eigenvalue weighted by atomic mass is 9.78. The summed E-state index contributed by atoms with van der Waals surface area (Å²) in [5, 5.41) is 0. The van der Waals surface area contributed by atoms with Gasteiger partial charge in [0.05, 0.1) is 5.92 Å². The molecule has 2 aromatic carbocycles. The second kappa shape index (κ2) is 8.51. The van der Waals surface area contributed by atoms with Crippen LogP contribution < -0.4 is 0 Å². The standard InChI is InChI=1S/C22H25O3P/c1-13-8-6-9-14(2)18(13)21(23)20(17(5)12-26-25)22(24)19-15(3)10-7-11-16(19)4/h6-11,17,20H,12H2,1-5H3. The SMILES string of the molecule is Cc1cccc(C)c1C(=O)C(C(=O)c1c(C)cccc1C)C(C)CP=O. The van der Waals surface area contributed by atoms with E-state index in [0.29, 0.717) is 11.1 Å². The molecule has 0 aliphatic carbocycles. The van der Waals surface area contributed by atoms with Crippen LogP contribution in [-0.4, -0.2) is 17.7 Å². The summed E-state index contributed by atoms with van der Waals surface area (Å²) in [5.74, 6) is -1.50. The number of hydrogen-bond donors (Lipinski definition) is 0. The number of aryl methyl sites for hydroxylation is 4. The van der Waals surface area contributed by atoms with Crippen molar-refractivity contribution in [3.8, 4) is 0 Å². The number of rotatable bonds is 7. The highest BCUT2D eigenvalue weighted by atomic mass is 31.1. The molecule has 3 nitrogen and oxygen atoms in total. The molecule has 1 atom stereocenters. The van der Waals surface area contributed by atoms with Crippen LogP contribution in [0.3, 0.4) is 0 Å². The predicted molar refractivity (Wildman–Crippen MR) is 106 cm³/mol. The van der Waals surface area contributed by atoms with Crippen molar-refractivity contribution >= 4 is 20.0 Å². The van der Waals surface area contributed by atoms with Gasteiger partial charge in [0, 0.05) is 17.3 Å². The van der Waals surface area contributed by atoms with Crippen LogP contribution in [0.4, 0.5) is 0 Å². The van der Waals surface area contributed by atoms with Crippen molar-refractivity contribution in [2.24, 2.45) is 11.8 Å². The normalized spacial score (nSPS) is 12.4. The van der Waals surface area contributed by atoms with E-state index in [4.69, 9.17) is 0 Å². The van der Waals surface area contributed by atoms with Gasteiger partial charge in [-0.25, -0.2) is 0 Å². The van der Waals surface area contributed by atoms with Crippen LogP contribution in [0.25, 0.3) is 0 Å². The van der Waals surface area contributed by atoms with E-state index in [1.165, 1.54) is 0 Å². The van der Waals surface area contributed by atoms with E-state index in [2.05, 4.69) is 0 Å². The first-order chi connectivity index (χ1) is 12.3. The summed E-state index contributed by atoms with van der Waals surface area (Å²) in [7, 11) is -0.0541. The molecule has 0 radical (unpaired) electrons. The summed E-state index contributed by atoms with van der Waals surface area (Å²) in [6, 6.07) is 11.4. The van der Waals surface area contributed by atoms with Crippen molar-refractivity contribution in [1.29, 1.82) is 0 Å². The minimum atomic E-state index is -0.837. The summed E-state index contributed by atoms with van der Waals surface area (Å²) >= 11 is 0. The molecule has 2 rings (SSSR count). The highest BCUT2D eigenvalue weighted by molar-refractivity contribution is 7.23. The summed E-state index contributed by atoms with van der Waals surface area (Å²) in [5.41, 5.74) is 4.66. The fraction of sp³-hybridized carbons (Fsp3) is 0.364. The Balaban J connectivity index is 2.59. The fourth-order valence-electron chi connectivity index (χ4n) is 3.58. The summed E-state index contributed by atoms with van der Waals surface area (Å²) in [6.07, 6.45) is 0.276. The topological polar surface area (TPSA) is 51.2 Å². The number of ketones is 2. The van der Waals surface area contributed by atoms with Gasteiger partial charge in [0.2, 0.25) is 0 Å². The van der Waals surface area contributed by atoms with Crippen molar-refractivity contribution in [3.63, 3.8) is 0 Å². The summed E-state index contributed by atoms with van der Waals surface area (Å²) < 4.78 is 11.2. The summed E-state index contributed by atoms with van der Waals surface area (Å²) in [4.78, 5) is 26.8. The maximum Gasteiger partial charge on any atom is 0.174 e. The second-order valence-corrected chi connectivity index (χ2v) is 7.65. The molecule has 0 N–H and O–H groups in total. The van der Waals surface area contributed by atoms with Gasteiger partial charge in [-0.3, -0.25) is 14.2 Å². The minimum absolute atomic E-state index is 0.0541. The average molecular weight is 368 g/mol. The van der Waals surface area contributed by atoms with E-state index in [9.17, 15) is 14.2 Å². The van der Waals surface area contributed by atoms with E-state index < -0.39 is 5.92 Å². The number of carbonyl (C=O) groups is 2. The molecular weight excluding hydrogens is 343 g/mol. The van der Waals surface area contributed by atoms with E-state index in [0.717, 1.165) is 22.3 Å².